The van der Waals surface area contributed by atoms with E-state index in [1.54, 1.807) is 0 Å². The summed E-state index contributed by atoms with van der Waals surface area (Å²) in [6.07, 6.45) is 2.34. The number of aromatic carboxylic acids is 1. The smallest absolute Gasteiger partial charge is 0.344 e. The van der Waals surface area contributed by atoms with Crippen molar-refractivity contribution in [3.8, 4) is 0 Å². The number of carbonyl (C=O) groups is 1. The number of hydrogen-bond donors (Lipinski definition) is 3. The molecule has 2 rings (SSSR count). The van der Waals surface area contributed by atoms with E-state index >= 15 is 0 Å². The van der Waals surface area contributed by atoms with Gasteiger partial charge in [0.25, 0.3) is 0 Å². The molecule has 0 amide bonds. The fourth-order valence-corrected chi connectivity index (χ4v) is 1.69. The Kier molecular flexibility index (Phi) is 2.34. The van der Waals surface area contributed by atoms with Gasteiger partial charge in [-0.15, -0.1) is 0 Å². The van der Waals surface area contributed by atoms with Gasteiger partial charge in [0.2, 0.25) is 6.20 Å². The number of fused-ring (bicyclic) bond motifs is 1. The van der Waals surface area contributed by atoms with E-state index < -0.39 is 5.97 Å². The lowest BCUT2D eigenvalue weighted by Gasteiger charge is -2.15. The van der Waals surface area contributed by atoms with E-state index in [2.05, 4.69) is 10.6 Å². The van der Waals surface area contributed by atoms with Gasteiger partial charge in [0.15, 0.2) is 6.20 Å². The Balaban J connectivity index is 2.44. The Morgan fingerprint density at radius 2 is 2.19 bits per heavy atom. The van der Waals surface area contributed by atoms with Gasteiger partial charge in [-0.25, -0.2) is 4.79 Å². The molecule has 1 aromatic heterocycles. The third-order valence-corrected chi connectivity index (χ3v) is 2.56. The Hall–Kier alpha value is -1.98. The molecule has 0 fully saturated rings. The highest BCUT2D eigenvalue weighted by molar-refractivity contribution is 5.98. The number of aromatic nitrogens is 1. The van der Waals surface area contributed by atoms with Crippen LogP contribution in [0.25, 0.3) is 0 Å². The predicted molar refractivity (Wildman–Crippen MR) is 58.2 cm³/mol. The minimum Gasteiger partial charge on any atom is -0.619 e. The van der Waals surface area contributed by atoms with Gasteiger partial charge in [-0.2, -0.15) is 4.73 Å². The number of carboxylic acid groups (broad SMARTS) is 1. The molecular weight excluding hydrogens is 210 g/mol. The van der Waals surface area contributed by atoms with E-state index in [9.17, 15) is 10.0 Å². The van der Waals surface area contributed by atoms with Crippen molar-refractivity contribution in [2.24, 2.45) is 5.92 Å². The topological polar surface area (TPSA) is 88.3 Å². The molecule has 0 aliphatic carbocycles. The number of nitrogens with one attached hydrogen (secondary N) is 2. The van der Waals surface area contributed by atoms with Gasteiger partial charge >= 0.3 is 5.97 Å². The Morgan fingerprint density at radius 3 is 2.75 bits per heavy atom. The largest absolute Gasteiger partial charge is 0.619 e. The summed E-state index contributed by atoms with van der Waals surface area (Å²) in [6.45, 7) is 4.00. The van der Waals surface area contributed by atoms with Gasteiger partial charge in [-0.05, 0) is 5.92 Å². The highest BCUT2D eigenvalue weighted by Gasteiger charge is 2.29. The van der Waals surface area contributed by atoms with E-state index in [0.29, 0.717) is 16.1 Å². The molecule has 1 atom stereocenters. The molecule has 0 saturated heterocycles. The lowest BCUT2D eigenvalue weighted by molar-refractivity contribution is -0.604. The molecule has 0 aromatic carbocycles. The highest BCUT2D eigenvalue weighted by atomic mass is 16.5. The van der Waals surface area contributed by atoms with Gasteiger partial charge in [0, 0.05) is 0 Å². The van der Waals surface area contributed by atoms with Crippen LogP contribution >= 0.6 is 0 Å². The molecule has 1 unspecified atom stereocenters. The standard InChI is InChI=1S/C10H13N3O3/c1-5(2)9-11-7-4-13(16)3-6(10(14)15)8(7)12-9/h3-5,9,11-12H,1-2H3,(H,14,15). The quantitative estimate of drug-likeness (QED) is 0.510. The molecule has 3 N–H and O–H groups in total. The summed E-state index contributed by atoms with van der Waals surface area (Å²) >= 11 is 0. The molecule has 0 radical (unpaired) electrons. The van der Waals surface area contributed by atoms with Crippen molar-refractivity contribution in [3.05, 3.63) is 23.2 Å². The molecule has 0 bridgehead atoms. The predicted octanol–water partition coefficient (Wildman–Crippen LogP) is 0.838. The second kappa shape index (κ2) is 3.55. The maximum atomic E-state index is 11.2. The molecule has 1 aliphatic rings. The van der Waals surface area contributed by atoms with Gasteiger partial charge in [0.05, 0.1) is 11.9 Å². The number of pyridine rings is 1. The number of anilines is 2. The molecule has 2 heterocycles. The van der Waals surface area contributed by atoms with Gasteiger partial charge in [0.1, 0.15) is 11.3 Å². The van der Waals surface area contributed by atoms with Crippen molar-refractivity contribution in [1.82, 2.24) is 0 Å². The van der Waals surface area contributed by atoms with E-state index in [1.165, 1.54) is 6.20 Å². The maximum absolute atomic E-state index is 11.2. The van der Waals surface area contributed by atoms with E-state index in [4.69, 9.17) is 5.11 Å². The van der Waals surface area contributed by atoms with Crippen molar-refractivity contribution < 1.29 is 14.6 Å². The average molecular weight is 223 g/mol. The van der Waals surface area contributed by atoms with Crippen molar-refractivity contribution in [2.75, 3.05) is 10.6 Å². The third-order valence-electron chi connectivity index (χ3n) is 2.56. The normalized spacial score (nSPS) is 17.8. The van der Waals surface area contributed by atoms with Crippen LogP contribution in [0, 0.1) is 11.1 Å². The molecule has 1 aromatic rings. The Bertz CT molecular complexity index is 445. The number of nitrogens with zero attached hydrogens (tertiary/aromatic N) is 1. The minimum absolute atomic E-state index is 0.0110. The zero-order valence-electron chi connectivity index (χ0n) is 9.02. The summed E-state index contributed by atoms with van der Waals surface area (Å²) in [5.74, 6) is -0.825. The Labute approximate surface area is 92.5 Å². The summed E-state index contributed by atoms with van der Waals surface area (Å²) in [7, 11) is 0. The van der Waals surface area contributed by atoms with Gasteiger partial charge in [-0.3, -0.25) is 0 Å². The first-order valence-corrected chi connectivity index (χ1v) is 5.02. The van der Waals surface area contributed by atoms with Crippen molar-refractivity contribution in [2.45, 2.75) is 20.0 Å². The monoisotopic (exact) mass is 223 g/mol. The fraction of sp³-hybridized carbons (Fsp3) is 0.400. The molecular formula is C10H13N3O3. The first-order chi connectivity index (χ1) is 7.49. The van der Waals surface area contributed by atoms with Crippen LogP contribution in [0.15, 0.2) is 12.4 Å². The van der Waals surface area contributed by atoms with Crippen LogP contribution in [0.4, 0.5) is 11.4 Å². The van der Waals surface area contributed by atoms with Crippen LogP contribution in [-0.4, -0.2) is 17.2 Å². The lowest BCUT2D eigenvalue weighted by atomic mass is 10.1. The number of hydrogen-bond acceptors (Lipinski definition) is 4. The van der Waals surface area contributed by atoms with Crippen molar-refractivity contribution in [1.29, 1.82) is 0 Å². The fourth-order valence-electron chi connectivity index (χ4n) is 1.69. The minimum atomic E-state index is -1.11. The Morgan fingerprint density at radius 1 is 1.50 bits per heavy atom. The molecule has 16 heavy (non-hydrogen) atoms. The molecule has 6 heteroatoms. The first-order valence-electron chi connectivity index (χ1n) is 5.02. The third kappa shape index (κ3) is 1.62. The van der Waals surface area contributed by atoms with Crippen LogP contribution in [0.5, 0.6) is 0 Å². The molecule has 0 saturated carbocycles. The summed E-state index contributed by atoms with van der Waals surface area (Å²) in [6, 6.07) is 0. The second-order valence-electron chi connectivity index (χ2n) is 4.14. The first kappa shape index (κ1) is 10.5. The molecule has 0 spiro atoms. The van der Waals surface area contributed by atoms with E-state index in [-0.39, 0.29) is 17.6 Å². The SMILES string of the molecule is CC(C)C1Nc2c[n+]([O-])cc(C(=O)O)c2N1. The summed E-state index contributed by atoms with van der Waals surface area (Å²) in [5, 5.41) is 26.3. The zero-order valence-corrected chi connectivity index (χ0v) is 9.02. The number of carboxylic acids is 1. The second-order valence-corrected chi connectivity index (χ2v) is 4.14. The van der Waals surface area contributed by atoms with Gasteiger partial charge in [-0.1, -0.05) is 13.8 Å². The summed E-state index contributed by atoms with van der Waals surface area (Å²) in [4.78, 5) is 11.0. The van der Waals surface area contributed by atoms with Crippen molar-refractivity contribution >= 4 is 17.3 Å². The average Bonchev–Trinajstić information content (AvgIpc) is 2.59. The highest BCUT2D eigenvalue weighted by Crippen LogP contribution is 2.32. The lowest BCUT2D eigenvalue weighted by Crippen LogP contribution is -2.28. The van der Waals surface area contributed by atoms with E-state index in [0.717, 1.165) is 6.20 Å². The molecule has 86 valence electrons. The zero-order chi connectivity index (χ0) is 11.9. The van der Waals surface area contributed by atoms with Crippen LogP contribution in [0.1, 0.15) is 24.2 Å². The van der Waals surface area contributed by atoms with Crippen LogP contribution in [-0.2, 0) is 0 Å². The van der Waals surface area contributed by atoms with E-state index in [1.807, 2.05) is 13.8 Å². The molecule has 6 nitrogen and oxygen atoms in total. The van der Waals surface area contributed by atoms with Crippen LogP contribution in [0.3, 0.4) is 0 Å². The van der Waals surface area contributed by atoms with Crippen LogP contribution in [0.2, 0.25) is 0 Å². The number of rotatable bonds is 2. The summed E-state index contributed by atoms with van der Waals surface area (Å²) in [5.41, 5.74) is 1.01. The van der Waals surface area contributed by atoms with Crippen molar-refractivity contribution in [3.63, 3.8) is 0 Å². The van der Waals surface area contributed by atoms with Gasteiger partial charge < -0.3 is 20.9 Å². The summed E-state index contributed by atoms with van der Waals surface area (Å²) < 4.78 is 0.500. The molecule has 1 aliphatic heterocycles. The van der Waals surface area contributed by atoms with Crippen LogP contribution < -0.4 is 15.4 Å². The maximum Gasteiger partial charge on any atom is 0.344 e.